The van der Waals surface area contributed by atoms with Crippen LogP contribution in [-0.4, -0.2) is 73.3 Å². The molecule has 0 spiro atoms. The van der Waals surface area contributed by atoms with E-state index in [9.17, 15) is 4.79 Å². The molecule has 4 heterocycles. The summed E-state index contributed by atoms with van der Waals surface area (Å²) in [5, 5.41) is 8.05. The molecule has 8 heteroatoms. The lowest BCUT2D eigenvalue weighted by Crippen LogP contribution is -2.37. The van der Waals surface area contributed by atoms with Gasteiger partial charge in [-0.2, -0.15) is 0 Å². The Morgan fingerprint density at radius 1 is 1.24 bits per heavy atom. The molecule has 0 unspecified atom stereocenters. The van der Waals surface area contributed by atoms with Crippen molar-refractivity contribution in [3.05, 3.63) is 48.2 Å². The molecule has 1 aliphatic rings. The summed E-state index contributed by atoms with van der Waals surface area (Å²) in [4.78, 5) is 21.6. The minimum Gasteiger partial charge on any atom is -0.335 e. The van der Waals surface area contributed by atoms with Gasteiger partial charge in [0, 0.05) is 37.9 Å². The summed E-state index contributed by atoms with van der Waals surface area (Å²) < 4.78 is 3.75. The normalized spacial score (nSPS) is 20.7. The Hall–Kier alpha value is -2.74. The summed E-state index contributed by atoms with van der Waals surface area (Å²) in [7, 11) is 4.06. The number of aryl methyl sites for hydroxylation is 1. The van der Waals surface area contributed by atoms with Gasteiger partial charge in [-0.05, 0) is 32.6 Å². The van der Waals surface area contributed by atoms with Gasteiger partial charge in [-0.25, -0.2) is 9.67 Å². The Morgan fingerprint density at radius 2 is 2.08 bits per heavy atom. The Bertz CT molecular complexity index is 899. The Labute approximate surface area is 145 Å². The molecule has 25 heavy (non-hydrogen) atoms. The monoisotopic (exact) mass is 339 g/mol. The minimum absolute atomic E-state index is 0.00867. The van der Waals surface area contributed by atoms with Crippen molar-refractivity contribution in [1.82, 2.24) is 34.2 Å². The fourth-order valence-electron chi connectivity index (χ4n) is 3.60. The van der Waals surface area contributed by atoms with Gasteiger partial charge in [-0.1, -0.05) is 5.21 Å². The number of likely N-dealkylation sites (N-methyl/N-ethyl adjacent to an activating group) is 1. The largest absolute Gasteiger partial charge is 0.335 e. The zero-order valence-electron chi connectivity index (χ0n) is 14.6. The molecule has 1 saturated heterocycles. The van der Waals surface area contributed by atoms with Crippen molar-refractivity contribution >= 4 is 11.6 Å². The lowest BCUT2D eigenvalue weighted by molar-refractivity contribution is 0.0782. The van der Waals surface area contributed by atoms with Gasteiger partial charge in [0.15, 0.2) is 0 Å². The second-order valence-corrected chi connectivity index (χ2v) is 6.78. The average Bonchev–Trinajstić information content (AvgIpc) is 3.31. The average molecular weight is 339 g/mol. The lowest BCUT2D eigenvalue weighted by atomic mass is 10.1. The van der Waals surface area contributed by atoms with Gasteiger partial charge in [-0.15, -0.1) is 5.10 Å². The van der Waals surface area contributed by atoms with E-state index in [0.717, 1.165) is 5.56 Å². The standard InChI is InChI=1S/C17H21N7O/c1-12-8-13(16-18-4-6-22(16)9-12)17(25)23-10-14(21(2)3)15(11-23)24-7-5-19-20-24/h4-9,14-15H,10-11H2,1-3H3/t14-,15+/m1/s1. The van der Waals surface area contributed by atoms with Crippen LogP contribution < -0.4 is 0 Å². The van der Waals surface area contributed by atoms with Crippen molar-refractivity contribution in [2.45, 2.75) is 19.0 Å². The predicted octanol–water partition coefficient (Wildman–Crippen LogP) is 0.862. The van der Waals surface area contributed by atoms with E-state index < -0.39 is 0 Å². The molecular formula is C17H21N7O. The highest BCUT2D eigenvalue weighted by Crippen LogP contribution is 2.26. The molecular weight excluding hydrogens is 318 g/mol. The van der Waals surface area contributed by atoms with Crippen LogP contribution in [0.1, 0.15) is 22.0 Å². The van der Waals surface area contributed by atoms with Crippen molar-refractivity contribution in [2.24, 2.45) is 0 Å². The highest BCUT2D eigenvalue weighted by Gasteiger charge is 2.39. The van der Waals surface area contributed by atoms with Gasteiger partial charge in [0.2, 0.25) is 0 Å². The number of hydrogen-bond donors (Lipinski definition) is 0. The van der Waals surface area contributed by atoms with E-state index in [1.54, 1.807) is 12.4 Å². The van der Waals surface area contributed by atoms with Crippen molar-refractivity contribution in [3.63, 3.8) is 0 Å². The molecule has 1 aliphatic heterocycles. The first-order valence-corrected chi connectivity index (χ1v) is 8.29. The fourth-order valence-corrected chi connectivity index (χ4v) is 3.60. The molecule has 3 aromatic rings. The van der Waals surface area contributed by atoms with Crippen LogP contribution in [0.5, 0.6) is 0 Å². The van der Waals surface area contributed by atoms with E-state index in [0.29, 0.717) is 24.3 Å². The summed E-state index contributed by atoms with van der Waals surface area (Å²) in [5.74, 6) is 0.00867. The smallest absolute Gasteiger partial charge is 0.257 e. The summed E-state index contributed by atoms with van der Waals surface area (Å²) in [6.07, 6.45) is 9.09. The number of rotatable bonds is 3. The maximum atomic E-state index is 13.2. The number of imidazole rings is 1. The highest BCUT2D eigenvalue weighted by atomic mass is 16.2. The number of fused-ring (bicyclic) bond motifs is 1. The molecule has 0 N–H and O–H groups in total. The first kappa shape index (κ1) is 15.8. The van der Waals surface area contributed by atoms with Crippen LogP contribution in [0.25, 0.3) is 5.65 Å². The summed E-state index contributed by atoms with van der Waals surface area (Å²) in [5.41, 5.74) is 2.37. The zero-order chi connectivity index (χ0) is 17.6. The zero-order valence-corrected chi connectivity index (χ0v) is 14.6. The highest BCUT2D eigenvalue weighted by molar-refractivity contribution is 6.00. The van der Waals surface area contributed by atoms with E-state index in [-0.39, 0.29) is 18.0 Å². The fraction of sp³-hybridized carbons (Fsp3) is 0.412. The molecule has 0 bridgehead atoms. The number of aromatic nitrogens is 5. The molecule has 0 saturated carbocycles. The van der Waals surface area contributed by atoms with Crippen LogP contribution in [0.2, 0.25) is 0 Å². The van der Waals surface area contributed by atoms with E-state index in [4.69, 9.17) is 0 Å². The molecule has 0 aromatic carbocycles. The van der Waals surface area contributed by atoms with E-state index in [1.165, 1.54) is 0 Å². The van der Waals surface area contributed by atoms with Crippen LogP contribution in [0.3, 0.4) is 0 Å². The van der Waals surface area contributed by atoms with Crippen LogP contribution >= 0.6 is 0 Å². The molecule has 1 amide bonds. The van der Waals surface area contributed by atoms with Gasteiger partial charge in [0.25, 0.3) is 5.91 Å². The van der Waals surface area contributed by atoms with E-state index in [1.807, 2.05) is 59.7 Å². The van der Waals surface area contributed by atoms with Crippen molar-refractivity contribution < 1.29 is 4.79 Å². The first-order valence-electron chi connectivity index (χ1n) is 8.29. The SMILES string of the molecule is Cc1cc(C(=O)N2C[C@@H](N(C)C)[C@@H](n3ccnn3)C2)c2nccn2c1. The number of likely N-dealkylation sites (tertiary alicyclic amines) is 1. The minimum atomic E-state index is 0.00867. The third-order valence-corrected chi connectivity index (χ3v) is 4.85. The van der Waals surface area contributed by atoms with Crippen LogP contribution in [0, 0.1) is 6.92 Å². The molecule has 4 rings (SSSR count). The van der Waals surface area contributed by atoms with Crippen LogP contribution in [0.4, 0.5) is 0 Å². The van der Waals surface area contributed by atoms with Crippen LogP contribution in [-0.2, 0) is 0 Å². The molecule has 130 valence electrons. The summed E-state index contributed by atoms with van der Waals surface area (Å²) in [6.45, 7) is 3.24. The third kappa shape index (κ3) is 2.68. The predicted molar refractivity (Wildman–Crippen MR) is 92.4 cm³/mol. The molecule has 3 aromatic heterocycles. The first-order chi connectivity index (χ1) is 12.0. The van der Waals surface area contributed by atoms with E-state index in [2.05, 4.69) is 20.2 Å². The van der Waals surface area contributed by atoms with Gasteiger partial charge in [0.05, 0.1) is 23.8 Å². The third-order valence-electron chi connectivity index (χ3n) is 4.85. The molecule has 2 atom stereocenters. The second kappa shape index (κ2) is 5.96. The van der Waals surface area contributed by atoms with E-state index >= 15 is 0 Å². The summed E-state index contributed by atoms with van der Waals surface area (Å²) >= 11 is 0. The van der Waals surface area contributed by atoms with Crippen molar-refractivity contribution in [2.75, 3.05) is 27.2 Å². The maximum absolute atomic E-state index is 13.2. The Morgan fingerprint density at radius 3 is 2.80 bits per heavy atom. The van der Waals surface area contributed by atoms with Crippen molar-refractivity contribution in [3.8, 4) is 0 Å². The molecule has 1 fully saturated rings. The van der Waals surface area contributed by atoms with Crippen molar-refractivity contribution in [1.29, 1.82) is 0 Å². The van der Waals surface area contributed by atoms with Crippen LogP contribution in [0.15, 0.2) is 37.1 Å². The number of carbonyl (C=O) groups is 1. The maximum Gasteiger partial charge on any atom is 0.257 e. The topological polar surface area (TPSA) is 71.6 Å². The molecule has 8 nitrogen and oxygen atoms in total. The van der Waals surface area contributed by atoms with Gasteiger partial charge in [0.1, 0.15) is 5.65 Å². The Kier molecular flexibility index (Phi) is 3.76. The lowest BCUT2D eigenvalue weighted by Gasteiger charge is -2.24. The summed E-state index contributed by atoms with van der Waals surface area (Å²) in [6, 6.07) is 2.19. The number of pyridine rings is 1. The quantitative estimate of drug-likeness (QED) is 0.708. The van der Waals surface area contributed by atoms with Gasteiger partial charge < -0.3 is 14.2 Å². The van der Waals surface area contributed by atoms with Gasteiger partial charge >= 0.3 is 0 Å². The number of carbonyl (C=O) groups excluding carboxylic acids is 1. The number of hydrogen-bond acceptors (Lipinski definition) is 5. The number of nitrogens with zero attached hydrogens (tertiary/aromatic N) is 7. The van der Waals surface area contributed by atoms with Gasteiger partial charge in [-0.3, -0.25) is 4.79 Å². The second-order valence-electron chi connectivity index (χ2n) is 6.78. The molecule has 0 radical (unpaired) electrons. The molecule has 0 aliphatic carbocycles. The Balaban J connectivity index is 1.67. The number of amides is 1.